The van der Waals surface area contributed by atoms with Crippen molar-refractivity contribution >= 4 is 11.7 Å². The Kier molecular flexibility index (Phi) is 3.68. The van der Waals surface area contributed by atoms with E-state index < -0.39 is 11.5 Å². The molecule has 1 heterocycles. The molecule has 0 aromatic heterocycles. The average molecular weight is 291 g/mol. The van der Waals surface area contributed by atoms with Gasteiger partial charge in [-0.3, -0.25) is 0 Å². The summed E-state index contributed by atoms with van der Waals surface area (Å²) in [7, 11) is 1.63. The predicted octanol–water partition coefficient (Wildman–Crippen LogP) is 3.65. The number of hydrogen-bond acceptors (Lipinski definition) is 3. The number of methoxy groups -OCH3 is 1. The summed E-state index contributed by atoms with van der Waals surface area (Å²) in [4.78, 5) is 13.8. The first-order valence-corrected chi connectivity index (χ1v) is 7.33. The molecule has 4 heteroatoms. The summed E-state index contributed by atoms with van der Waals surface area (Å²) in [6, 6.07) is 5.95. The van der Waals surface area contributed by atoms with E-state index in [-0.39, 0.29) is 5.54 Å². The zero-order valence-electron chi connectivity index (χ0n) is 13.7. The number of carboxylic acid groups (broad SMARTS) is 1. The molecule has 1 unspecified atom stereocenters. The van der Waals surface area contributed by atoms with Crippen LogP contribution in [0.4, 0.5) is 5.69 Å². The minimum Gasteiger partial charge on any atom is -0.497 e. The van der Waals surface area contributed by atoms with Crippen LogP contribution in [0.1, 0.15) is 52.5 Å². The number of ether oxygens (including phenoxy) is 1. The summed E-state index contributed by atoms with van der Waals surface area (Å²) in [5, 5.41) is 9.67. The fourth-order valence-electron chi connectivity index (χ4n) is 3.69. The van der Waals surface area contributed by atoms with Gasteiger partial charge in [-0.15, -0.1) is 0 Å². The van der Waals surface area contributed by atoms with Gasteiger partial charge in [0.15, 0.2) is 0 Å². The van der Waals surface area contributed by atoms with Crippen LogP contribution in [0, 0.1) is 0 Å². The molecule has 1 atom stereocenters. The molecule has 2 rings (SSSR count). The van der Waals surface area contributed by atoms with Crippen molar-refractivity contribution in [2.24, 2.45) is 0 Å². The smallest absolute Gasteiger partial charge is 0.328 e. The predicted molar refractivity (Wildman–Crippen MR) is 84.3 cm³/mol. The molecule has 0 bridgehead atoms. The van der Waals surface area contributed by atoms with Crippen molar-refractivity contribution in [3.8, 4) is 5.75 Å². The molecular weight excluding hydrogens is 266 g/mol. The van der Waals surface area contributed by atoms with Gasteiger partial charge in [-0.25, -0.2) is 4.79 Å². The lowest BCUT2D eigenvalue weighted by Gasteiger charge is -2.53. The standard InChI is InChI=1S/C17H25NO3/c1-11-10-16(2,3)18(17(4,5)15(19)20)14-9-12(21-6)7-8-13(11)14/h7-9,11H,10H2,1-6H3,(H,19,20). The summed E-state index contributed by atoms with van der Waals surface area (Å²) in [5.41, 5.74) is 0.931. The first-order valence-electron chi connectivity index (χ1n) is 7.33. The number of nitrogens with zero attached hydrogens (tertiary/aromatic N) is 1. The molecule has 1 aromatic rings. The zero-order valence-corrected chi connectivity index (χ0v) is 13.7. The maximum absolute atomic E-state index is 11.8. The van der Waals surface area contributed by atoms with Crippen LogP contribution in [-0.4, -0.2) is 29.3 Å². The van der Waals surface area contributed by atoms with Crippen molar-refractivity contribution in [2.75, 3.05) is 12.0 Å². The van der Waals surface area contributed by atoms with Gasteiger partial charge in [-0.1, -0.05) is 13.0 Å². The SMILES string of the molecule is COc1ccc2c(c1)N(C(C)(C)C(=O)O)C(C)(C)CC2C. The Balaban J connectivity index is 2.68. The van der Waals surface area contributed by atoms with Gasteiger partial charge in [0.25, 0.3) is 0 Å². The molecule has 21 heavy (non-hydrogen) atoms. The van der Waals surface area contributed by atoms with Gasteiger partial charge in [0, 0.05) is 17.3 Å². The Morgan fingerprint density at radius 1 is 1.43 bits per heavy atom. The quantitative estimate of drug-likeness (QED) is 0.923. The highest BCUT2D eigenvalue weighted by Crippen LogP contribution is 2.47. The number of aliphatic carboxylic acids is 1. The Morgan fingerprint density at radius 3 is 2.57 bits per heavy atom. The third-order valence-electron chi connectivity index (χ3n) is 4.50. The lowest BCUT2D eigenvalue weighted by molar-refractivity contribution is -0.142. The van der Waals surface area contributed by atoms with Gasteiger partial charge in [0.05, 0.1) is 7.11 Å². The average Bonchev–Trinajstić information content (AvgIpc) is 2.36. The maximum atomic E-state index is 11.8. The van der Waals surface area contributed by atoms with E-state index in [1.165, 1.54) is 5.56 Å². The van der Waals surface area contributed by atoms with Crippen LogP contribution in [0.2, 0.25) is 0 Å². The summed E-state index contributed by atoms with van der Waals surface area (Å²) >= 11 is 0. The van der Waals surface area contributed by atoms with Crippen LogP contribution in [-0.2, 0) is 4.79 Å². The molecule has 0 fully saturated rings. The van der Waals surface area contributed by atoms with Crippen molar-refractivity contribution in [3.05, 3.63) is 23.8 Å². The second kappa shape index (κ2) is 4.93. The molecule has 0 saturated carbocycles. The van der Waals surface area contributed by atoms with E-state index >= 15 is 0 Å². The molecule has 0 saturated heterocycles. The van der Waals surface area contributed by atoms with Gasteiger partial charge >= 0.3 is 5.97 Å². The third-order valence-corrected chi connectivity index (χ3v) is 4.50. The fourth-order valence-corrected chi connectivity index (χ4v) is 3.69. The first kappa shape index (κ1) is 15.7. The van der Waals surface area contributed by atoms with Crippen molar-refractivity contribution in [1.82, 2.24) is 0 Å². The van der Waals surface area contributed by atoms with E-state index in [1.807, 2.05) is 17.0 Å². The third kappa shape index (κ3) is 2.47. The first-order chi connectivity index (χ1) is 9.61. The number of fused-ring (bicyclic) bond motifs is 1. The van der Waals surface area contributed by atoms with Gasteiger partial charge in [0.1, 0.15) is 11.3 Å². The van der Waals surface area contributed by atoms with Crippen LogP contribution >= 0.6 is 0 Å². The lowest BCUT2D eigenvalue weighted by Crippen LogP contribution is -2.61. The molecule has 1 aromatic carbocycles. The number of rotatable bonds is 3. The molecule has 0 radical (unpaired) electrons. The van der Waals surface area contributed by atoms with E-state index in [2.05, 4.69) is 26.8 Å². The summed E-state index contributed by atoms with van der Waals surface area (Å²) in [6.07, 6.45) is 0.920. The van der Waals surface area contributed by atoms with E-state index in [0.29, 0.717) is 5.92 Å². The Bertz CT molecular complexity index is 563. The molecule has 116 valence electrons. The summed E-state index contributed by atoms with van der Waals surface area (Å²) in [6.45, 7) is 9.93. The van der Waals surface area contributed by atoms with Gasteiger partial charge in [0.2, 0.25) is 0 Å². The van der Waals surface area contributed by atoms with Crippen LogP contribution in [0.5, 0.6) is 5.75 Å². The summed E-state index contributed by atoms with van der Waals surface area (Å²) in [5.74, 6) is 0.325. The highest BCUT2D eigenvalue weighted by Gasteiger charge is 2.47. The molecule has 4 nitrogen and oxygen atoms in total. The Morgan fingerprint density at radius 2 is 2.05 bits per heavy atom. The van der Waals surface area contributed by atoms with Gasteiger partial charge in [-0.05, 0) is 51.7 Å². The summed E-state index contributed by atoms with van der Waals surface area (Å²) < 4.78 is 5.33. The van der Waals surface area contributed by atoms with E-state index in [1.54, 1.807) is 21.0 Å². The number of hydrogen-bond donors (Lipinski definition) is 1. The van der Waals surface area contributed by atoms with Crippen molar-refractivity contribution in [3.63, 3.8) is 0 Å². The van der Waals surface area contributed by atoms with Crippen molar-refractivity contribution < 1.29 is 14.6 Å². The number of anilines is 1. The highest BCUT2D eigenvalue weighted by molar-refractivity contribution is 5.84. The van der Waals surface area contributed by atoms with Crippen LogP contribution in [0.15, 0.2) is 18.2 Å². The zero-order chi connectivity index (χ0) is 16.0. The Labute approximate surface area is 126 Å². The second-order valence-corrected chi connectivity index (χ2v) is 7.04. The van der Waals surface area contributed by atoms with Crippen molar-refractivity contribution in [1.29, 1.82) is 0 Å². The molecular formula is C17H25NO3. The normalized spacial score (nSPS) is 20.9. The monoisotopic (exact) mass is 291 g/mol. The Hall–Kier alpha value is -1.71. The number of carboxylic acids is 1. The second-order valence-electron chi connectivity index (χ2n) is 7.04. The maximum Gasteiger partial charge on any atom is 0.328 e. The highest BCUT2D eigenvalue weighted by atomic mass is 16.5. The van der Waals surface area contributed by atoms with Gasteiger partial charge < -0.3 is 14.7 Å². The van der Waals surface area contributed by atoms with E-state index in [0.717, 1.165) is 17.9 Å². The van der Waals surface area contributed by atoms with E-state index in [9.17, 15) is 9.90 Å². The minimum absolute atomic E-state index is 0.235. The molecule has 0 spiro atoms. The molecule has 1 N–H and O–H groups in total. The van der Waals surface area contributed by atoms with Crippen LogP contribution < -0.4 is 9.64 Å². The molecule has 1 aliphatic rings. The fraction of sp³-hybridized carbons (Fsp3) is 0.588. The molecule has 0 aliphatic carbocycles. The lowest BCUT2D eigenvalue weighted by atomic mass is 9.77. The number of carbonyl (C=O) groups is 1. The van der Waals surface area contributed by atoms with Gasteiger partial charge in [-0.2, -0.15) is 0 Å². The molecule has 1 aliphatic heterocycles. The molecule has 0 amide bonds. The van der Waals surface area contributed by atoms with Crippen LogP contribution in [0.25, 0.3) is 0 Å². The minimum atomic E-state index is -0.981. The topological polar surface area (TPSA) is 49.8 Å². The van der Waals surface area contributed by atoms with Crippen molar-refractivity contribution in [2.45, 2.75) is 58.0 Å². The largest absolute Gasteiger partial charge is 0.497 e. The number of benzene rings is 1. The van der Waals surface area contributed by atoms with E-state index in [4.69, 9.17) is 4.74 Å². The van der Waals surface area contributed by atoms with Crippen LogP contribution in [0.3, 0.4) is 0 Å².